The maximum atomic E-state index is 6.07. The fraction of sp³-hybridized carbons (Fsp3) is 0.231. The minimum Gasteiger partial charge on any atom is -0.482 e. The summed E-state index contributed by atoms with van der Waals surface area (Å²) in [5, 5.41) is 2.62. The molecule has 2 N–H and O–H groups in total. The molecular weight excluding hydrogens is 254 g/mol. The number of benzene rings is 1. The van der Waals surface area contributed by atoms with E-state index in [2.05, 4.69) is 0 Å². The van der Waals surface area contributed by atoms with Crippen LogP contribution in [0.25, 0.3) is 0 Å². The number of rotatable bonds is 4. The van der Waals surface area contributed by atoms with Crippen LogP contribution in [0.15, 0.2) is 41.8 Å². The molecule has 0 fully saturated rings. The van der Waals surface area contributed by atoms with Crippen molar-refractivity contribution in [2.24, 2.45) is 5.73 Å². The van der Waals surface area contributed by atoms with Crippen LogP contribution in [-0.2, 0) is 0 Å². The molecule has 4 heteroatoms. The Labute approximate surface area is 110 Å². The molecule has 17 heavy (non-hydrogen) atoms. The average molecular weight is 268 g/mol. The molecule has 0 amide bonds. The molecule has 0 bridgehead atoms. The summed E-state index contributed by atoms with van der Waals surface area (Å²) in [4.78, 5) is 1.11. The van der Waals surface area contributed by atoms with Crippen LogP contribution in [0.2, 0.25) is 5.02 Å². The quantitative estimate of drug-likeness (QED) is 0.913. The number of para-hydroxylation sites is 1. The first kappa shape index (κ1) is 12.4. The van der Waals surface area contributed by atoms with E-state index in [-0.39, 0.29) is 12.1 Å². The van der Waals surface area contributed by atoms with Gasteiger partial charge in [-0.05, 0) is 30.5 Å². The zero-order valence-electron chi connectivity index (χ0n) is 9.47. The van der Waals surface area contributed by atoms with Crippen molar-refractivity contribution in [1.82, 2.24) is 0 Å². The highest BCUT2D eigenvalue weighted by molar-refractivity contribution is 7.10. The molecule has 0 saturated carbocycles. The van der Waals surface area contributed by atoms with E-state index in [0.717, 1.165) is 4.88 Å². The molecule has 2 atom stereocenters. The van der Waals surface area contributed by atoms with Crippen molar-refractivity contribution in [2.75, 3.05) is 0 Å². The largest absolute Gasteiger partial charge is 0.482 e. The summed E-state index contributed by atoms with van der Waals surface area (Å²) < 4.78 is 5.90. The predicted octanol–water partition coefficient (Wildman–Crippen LogP) is 3.87. The Hall–Kier alpha value is -1.03. The van der Waals surface area contributed by atoms with Gasteiger partial charge in [0.05, 0.1) is 5.02 Å². The number of thiophene rings is 1. The van der Waals surface area contributed by atoms with Crippen molar-refractivity contribution in [3.8, 4) is 5.75 Å². The van der Waals surface area contributed by atoms with Crippen LogP contribution in [0.3, 0.4) is 0 Å². The molecule has 0 aliphatic heterocycles. The summed E-state index contributed by atoms with van der Waals surface area (Å²) in [6.45, 7) is 1.93. The van der Waals surface area contributed by atoms with Gasteiger partial charge in [0.25, 0.3) is 0 Å². The summed E-state index contributed by atoms with van der Waals surface area (Å²) in [6.07, 6.45) is -0.158. The molecule has 0 radical (unpaired) electrons. The molecule has 0 aliphatic rings. The van der Waals surface area contributed by atoms with Crippen molar-refractivity contribution in [1.29, 1.82) is 0 Å². The second kappa shape index (κ2) is 5.54. The van der Waals surface area contributed by atoms with Crippen molar-refractivity contribution >= 4 is 22.9 Å². The SMILES string of the molecule is CC(N)C(Oc1ccccc1Cl)c1cccs1. The lowest BCUT2D eigenvalue weighted by Crippen LogP contribution is -2.28. The van der Waals surface area contributed by atoms with E-state index in [1.54, 1.807) is 11.3 Å². The first-order chi connectivity index (χ1) is 8.18. The zero-order valence-corrected chi connectivity index (χ0v) is 11.0. The lowest BCUT2D eigenvalue weighted by molar-refractivity contribution is 0.184. The highest BCUT2D eigenvalue weighted by atomic mass is 35.5. The molecule has 1 heterocycles. The van der Waals surface area contributed by atoms with Gasteiger partial charge in [-0.15, -0.1) is 11.3 Å². The second-order valence-corrected chi connectivity index (χ2v) is 5.23. The van der Waals surface area contributed by atoms with Crippen LogP contribution < -0.4 is 10.5 Å². The van der Waals surface area contributed by atoms with E-state index >= 15 is 0 Å². The van der Waals surface area contributed by atoms with Gasteiger partial charge < -0.3 is 10.5 Å². The minimum absolute atomic E-state index is 0.0927. The molecular formula is C13H14ClNOS. The summed E-state index contributed by atoms with van der Waals surface area (Å²) >= 11 is 7.71. The number of ether oxygens (including phenoxy) is 1. The van der Waals surface area contributed by atoms with E-state index < -0.39 is 0 Å². The van der Waals surface area contributed by atoms with E-state index in [9.17, 15) is 0 Å². The molecule has 1 aromatic carbocycles. The number of halogens is 1. The molecule has 2 unspecified atom stereocenters. The molecule has 2 aromatic rings. The van der Waals surface area contributed by atoms with Crippen molar-refractivity contribution in [3.05, 3.63) is 51.7 Å². The van der Waals surface area contributed by atoms with Crippen LogP contribution in [0.1, 0.15) is 17.9 Å². The molecule has 0 saturated heterocycles. The van der Waals surface area contributed by atoms with E-state index in [1.165, 1.54) is 0 Å². The Morgan fingerprint density at radius 1 is 1.24 bits per heavy atom. The van der Waals surface area contributed by atoms with Gasteiger partial charge in [-0.1, -0.05) is 29.8 Å². The standard InChI is InChI=1S/C13H14ClNOS/c1-9(15)13(12-7-4-8-17-12)16-11-6-3-2-5-10(11)14/h2-9,13H,15H2,1H3. The van der Waals surface area contributed by atoms with Crippen molar-refractivity contribution in [3.63, 3.8) is 0 Å². The Kier molecular flexibility index (Phi) is 4.05. The van der Waals surface area contributed by atoms with E-state index in [0.29, 0.717) is 10.8 Å². The lowest BCUT2D eigenvalue weighted by atomic mass is 10.1. The van der Waals surface area contributed by atoms with Gasteiger partial charge in [-0.2, -0.15) is 0 Å². The summed E-state index contributed by atoms with van der Waals surface area (Å²) in [5.74, 6) is 0.671. The molecule has 0 aliphatic carbocycles. The van der Waals surface area contributed by atoms with Gasteiger partial charge in [-0.25, -0.2) is 0 Å². The minimum atomic E-state index is -0.158. The first-order valence-corrected chi connectivity index (χ1v) is 6.64. The third-order valence-electron chi connectivity index (χ3n) is 2.39. The third kappa shape index (κ3) is 3.00. The Balaban J connectivity index is 2.23. The van der Waals surface area contributed by atoms with E-state index in [4.69, 9.17) is 22.1 Å². The van der Waals surface area contributed by atoms with Gasteiger partial charge >= 0.3 is 0 Å². The fourth-order valence-electron chi connectivity index (χ4n) is 1.55. The third-order valence-corrected chi connectivity index (χ3v) is 3.64. The van der Waals surface area contributed by atoms with Gasteiger partial charge in [0.1, 0.15) is 11.9 Å². The van der Waals surface area contributed by atoms with Crippen LogP contribution in [0.5, 0.6) is 5.75 Å². The van der Waals surface area contributed by atoms with Crippen LogP contribution in [-0.4, -0.2) is 6.04 Å². The maximum absolute atomic E-state index is 6.07. The van der Waals surface area contributed by atoms with Crippen LogP contribution in [0, 0.1) is 0 Å². The average Bonchev–Trinajstić information content (AvgIpc) is 2.81. The van der Waals surface area contributed by atoms with E-state index in [1.807, 2.05) is 48.7 Å². The number of nitrogens with two attached hydrogens (primary N) is 1. The monoisotopic (exact) mass is 267 g/mol. The highest BCUT2D eigenvalue weighted by Gasteiger charge is 2.20. The predicted molar refractivity (Wildman–Crippen MR) is 72.8 cm³/mol. The van der Waals surface area contributed by atoms with Crippen molar-refractivity contribution in [2.45, 2.75) is 19.1 Å². The lowest BCUT2D eigenvalue weighted by Gasteiger charge is -2.21. The Morgan fingerprint density at radius 3 is 2.59 bits per heavy atom. The van der Waals surface area contributed by atoms with Crippen molar-refractivity contribution < 1.29 is 4.74 Å². The Bertz CT molecular complexity index is 470. The summed E-state index contributed by atoms with van der Waals surface area (Å²) in [5.41, 5.74) is 5.96. The summed E-state index contributed by atoms with van der Waals surface area (Å²) in [6, 6.07) is 11.4. The number of hydrogen-bond acceptors (Lipinski definition) is 3. The molecule has 1 aromatic heterocycles. The topological polar surface area (TPSA) is 35.2 Å². The smallest absolute Gasteiger partial charge is 0.148 e. The van der Waals surface area contributed by atoms with Gasteiger partial charge in [0.2, 0.25) is 0 Å². The molecule has 90 valence electrons. The zero-order chi connectivity index (χ0) is 12.3. The Morgan fingerprint density at radius 2 is 2.00 bits per heavy atom. The number of hydrogen-bond donors (Lipinski definition) is 1. The fourth-order valence-corrected chi connectivity index (χ4v) is 2.60. The van der Waals surface area contributed by atoms with Gasteiger partial charge in [0, 0.05) is 10.9 Å². The van der Waals surface area contributed by atoms with Gasteiger partial charge in [-0.3, -0.25) is 0 Å². The van der Waals surface area contributed by atoms with Crippen LogP contribution >= 0.6 is 22.9 Å². The second-order valence-electron chi connectivity index (χ2n) is 3.84. The maximum Gasteiger partial charge on any atom is 0.148 e. The first-order valence-electron chi connectivity index (χ1n) is 5.38. The highest BCUT2D eigenvalue weighted by Crippen LogP contribution is 2.31. The summed E-state index contributed by atoms with van der Waals surface area (Å²) in [7, 11) is 0. The molecule has 0 spiro atoms. The van der Waals surface area contributed by atoms with Crippen LogP contribution in [0.4, 0.5) is 0 Å². The van der Waals surface area contributed by atoms with Gasteiger partial charge in [0.15, 0.2) is 0 Å². The molecule has 2 nitrogen and oxygen atoms in total. The normalized spacial score (nSPS) is 14.3. The molecule has 2 rings (SSSR count).